The standard InChI is InChI=1S/C15H24ClNO3/c1-5-17-10-12-8-13(16)15(14(9-12)19-4)20-11(2)6-7-18-3/h8-9,11,17H,5-7,10H2,1-4H3. The second kappa shape index (κ2) is 9.06. The lowest BCUT2D eigenvalue weighted by molar-refractivity contribution is 0.133. The van der Waals surface area contributed by atoms with Gasteiger partial charge < -0.3 is 19.5 Å². The molecule has 1 rings (SSSR count). The van der Waals surface area contributed by atoms with Gasteiger partial charge in [0.25, 0.3) is 0 Å². The van der Waals surface area contributed by atoms with Crippen molar-refractivity contribution in [3.63, 3.8) is 0 Å². The maximum Gasteiger partial charge on any atom is 0.180 e. The molecule has 0 aliphatic carbocycles. The fourth-order valence-corrected chi connectivity index (χ4v) is 2.08. The number of hydrogen-bond donors (Lipinski definition) is 1. The van der Waals surface area contributed by atoms with E-state index in [4.69, 9.17) is 25.8 Å². The first kappa shape index (κ1) is 17.1. The van der Waals surface area contributed by atoms with Crippen LogP contribution < -0.4 is 14.8 Å². The smallest absolute Gasteiger partial charge is 0.180 e. The summed E-state index contributed by atoms with van der Waals surface area (Å²) in [6, 6.07) is 3.86. The highest BCUT2D eigenvalue weighted by atomic mass is 35.5. The molecule has 1 unspecified atom stereocenters. The first-order valence-electron chi connectivity index (χ1n) is 6.85. The van der Waals surface area contributed by atoms with Crippen molar-refractivity contribution < 1.29 is 14.2 Å². The van der Waals surface area contributed by atoms with Gasteiger partial charge in [0.1, 0.15) is 0 Å². The third-order valence-electron chi connectivity index (χ3n) is 2.92. The van der Waals surface area contributed by atoms with Gasteiger partial charge in [0.05, 0.1) is 18.2 Å². The lowest BCUT2D eigenvalue weighted by Crippen LogP contribution is -2.15. The van der Waals surface area contributed by atoms with Crippen LogP contribution in [0.2, 0.25) is 5.02 Å². The van der Waals surface area contributed by atoms with E-state index in [1.165, 1.54) is 0 Å². The monoisotopic (exact) mass is 301 g/mol. The average molecular weight is 302 g/mol. The Labute approximate surface area is 126 Å². The Morgan fingerprint density at radius 2 is 2.05 bits per heavy atom. The number of methoxy groups -OCH3 is 2. The Bertz CT molecular complexity index is 412. The molecule has 20 heavy (non-hydrogen) atoms. The zero-order valence-corrected chi connectivity index (χ0v) is 13.4. The number of hydrogen-bond acceptors (Lipinski definition) is 4. The van der Waals surface area contributed by atoms with Crippen molar-refractivity contribution >= 4 is 11.6 Å². The van der Waals surface area contributed by atoms with Gasteiger partial charge in [-0.15, -0.1) is 0 Å². The van der Waals surface area contributed by atoms with Crippen LogP contribution in [0.15, 0.2) is 12.1 Å². The van der Waals surface area contributed by atoms with Crippen molar-refractivity contribution in [2.45, 2.75) is 32.9 Å². The first-order valence-corrected chi connectivity index (χ1v) is 7.22. The van der Waals surface area contributed by atoms with E-state index in [1.54, 1.807) is 14.2 Å². The van der Waals surface area contributed by atoms with Crippen molar-refractivity contribution in [2.24, 2.45) is 0 Å². The van der Waals surface area contributed by atoms with Crippen LogP contribution in [0.1, 0.15) is 25.8 Å². The predicted octanol–water partition coefficient (Wildman–Crippen LogP) is 3.26. The van der Waals surface area contributed by atoms with Gasteiger partial charge >= 0.3 is 0 Å². The molecule has 0 saturated carbocycles. The van der Waals surface area contributed by atoms with Gasteiger partial charge in [-0.2, -0.15) is 0 Å². The number of ether oxygens (including phenoxy) is 3. The summed E-state index contributed by atoms with van der Waals surface area (Å²) in [6.45, 7) is 6.37. The van der Waals surface area contributed by atoms with Gasteiger partial charge in [-0.1, -0.05) is 18.5 Å². The van der Waals surface area contributed by atoms with Gasteiger partial charge in [-0.3, -0.25) is 0 Å². The molecule has 0 bridgehead atoms. The third kappa shape index (κ3) is 5.19. The van der Waals surface area contributed by atoms with Crippen LogP contribution in [0.4, 0.5) is 0 Å². The molecular weight excluding hydrogens is 278 g/mol. The molecule has 1 aromatic rings. The molecule has 4 nitrogen and oxygen atoms in total. The SMILES string of the molecule is CCNCc1cc(Cl)c(OC(C)CCOC)c(OC)c1. The van der Waals surface area contributed by atoms with Gasteiger partial charge in [0.15, 0.2) is 11.5 Å². The van der Waals surface area contributed by atoms with Gasteiger partial charge in [0.2, 0.25) is 0 Å². The molecule has 0 heterocycles. The molecule has 5 heteroatoms. The van der Waals surface area contributed by atoms with Crippen molar-refractivity contribution in [1.82, 2.24) is 5.32 Å². The molecule has 114 valence electrons. The second-order valence-electron chi connectivity index (χ2n) is 4.60. The van der Waals surface area contributed by atoms with Crippen molar-refractivity contribution in [3.8, 4) is 11.5 Å². The molecule has 1 N–H and O–H groups in total. The minimum absolute atomic E-state index is 0.0148. The minimum Gasteiger partial charge on any atom is -0.493 e. The molecule has 0 aliphatic heterocycles. The predicted molar refractivity (Wildman–Crippen MR) is 82.0 cm³/mol. The molecule has 0 radical (unpaired) electrons. The summed E-state index contributed by atoms with van der Waals surface area (Å²) >= 11 is 6.31. The number of rotatable bonds is 9. The summed E-state index contributed by atoms with van der Waals surface area (Å²) in [5.41, 5.74) is 1.07. The maximum atomic E-state index is 6.31. The van der Waals surface area contributed by atoms with Crippen molar-refractivity contribution in [2.75, 3.05) is 27.4 Å². The largest absolute Gasteiger partial charge is 0.493 e. The summed E-state index contributed by atoms with van der Waals surface area (Å²) in [6.07, 6.45) is 0.816. The van der Waals surface area contributed by atoms with Crippen molar-refractivity contribution in [1.29, 1.82) is 0 Å². The zero-order valence-electron chi connectivity index (χ0n) is 12.7. The summed E-state index contributed by atoms with van der Waals surface area (Å²) < 4.78 is 16.3. The van der Waals surface area contributed by atoms with E-state index in [0.717, 1.165) is 25.1 Å². The molecular formula is C15H24ClNO3. The molecule has 0 aromatic heterocycles. The van der Waals surface area contributed by atoms with Crippen LogP contribution in [-0.4, -0.2) is 33.5 Å². The Hall–Kier alpha value is -0.970. The second-order valence-corrected chi connectivity index (χ2v) is 5.01. The Morgan fingerprint density at radius 1 is 1.30 bits per heavy atom. The molecule has 1 aromatic carbocycles. The number of benzene rings is 1. The molecule has 0 saturated heterocycles. The normalized spacial score (nSPS) is 12.2. The lowest BCUT2D eigenvalue weighted by Gasteiger charge is -2.19. The summed E-state index contributed by atoms with van der Waals surface area (Å²) in [4.78, 5) is 0. The van der Waals surface area contributed by atoms with E-state index >= 15 is 0 Å². The lowest BCUT2D eigenvalue weighted by atomic mass is 10.2. The van der Waals surface area contributed by atoms with E-state index in [1.807, 2.05) is 19.1 Å². The van der Waals surface area contributed by atoms with E-state index in [9.17, 15) is 0 Å². The Morgan fingerprint density at radius 3 is 2.65 bits per heavy atom. The Kier molecular flexibility index (Phi) is 7.73. The maximum absolute atomic E-state index is 6.31. The fourth-order valence-electron chi connectivity index (χ4n) is 1.80. The van der Waals surface area contributed by atoms with E-state index in [2.05, 4.69) is 12.2 Å². The zero-order chi connectivity index (χ0) is 15.0. The van der Waals surface area contributed by atoms with E-state index in [-0.39, 0.29) is 6.10 Å². The minimum atomic E-state index is 0.0148. The first-order chi connectivity index (χ1) is 9.62. The fraction of sp³-hybridized carbons (Fsp3) is 0.600. The highest BCUT2D eigenvalue weighted by Crippen LogP contribution is 2.37. The highest BCUT2D eigenvalue weighted by Gasteiger charge is 2.15. The molecule has 0 fully saturated rings. The van der Waals surface area contributed by atoms with Gasteiger partial charge in [-0.25, -0.2) is 0 Å². The number of nitrogens with one attached hydrogen (secondary N) is 1. The van der Waals surface area contributed by atoms with Crippen LogP contribution in [0.25, 0.3) is 0 Å². The summed E-state index contributed by atoms with van der Waals surface area (Å²) in [5, 5.41) is 3.83. The topological polar surface area (TPSA) is 39.7 Å². The average Bonchev–Trinajstić information content (AvgIpc) is 2.45. The summed E-state index contributed by atoms with van der Waals surface area (Å²) in [5.74, 6) is 1.26. The highest BCUT2D eigenvalue weighted by molar-refractivity contribution is 6.32. The van der Waals surface area contributed by atoms with E-state index in [0.29, 0.717) is 23.1 Å². The van der Waals surface area contributed by atoms with Gasteiger partial charge in [0, 0.05) is 26.7 Å². The number of halogens is 1. The van der Waals surface area contributed by atoms with Crippen LogP contribution >= 0.6 is 11.6 Å². The van der Waals surface area contributed by atoms with Gasteiger partial charge in [-0.05, 0) is 31.2 Å². The molecule has 1 atom stereocenters. The third-order valence-corrected chi connectivity index (χ3v) is 3.20. The van der Waals surface area contributed by atoms with Crippen LogP contribution in [0.3, 0.4) is 0 Å². The van der Waals surface area contributed by atoms with Crippen LogP contribution in [-0.2, 0) is 11.3 Å². The quantitative estimate of drug-likeness (QED) is 0.760. The van der Waals surface area contributed by atoms with Crippen molar-refractivity contribution in [3.05, 3.63) is 22.7 Å². The summed E-state index contributed by atoms with van der Waals surface area (Å²) in [7, 11) is 3.30. The molecule has 0 aliphatic rings. The molecule has 0 amide bonds. The van der Waals surface area contributed by atoms with E-state index < -0.39 is 0 Å². The molecule has 0 spiro atoms. The van der Waals surface area contributed by atoms with Crippen LogP contribution in [0, 0.1) is 0 Å². The Balaban J connectivity index is 2.84. The van der Waals surface area contributed by atoms with Crippen LogP contribution in [0.5, 0.6) is 11.5 Å².